The molecular weight excluding hydrogens is 286 g/mol. The van der Waals surface area contributed by atoms with E-state index in [0.717, 1.165) is 0 Å². The highest BCUT2D eigenvalue weighted by Crippen LogP contribution is 2.28. The van der Waals surface area contributed by atoms with Crippen LogP contribution in [0.5, 0.6) is 0 Å². The normalized spacial score (nSPS) is 11.3. The maximum atomic E-state index is 13.2. The molecule has 2 aromatic rings. The van der Waals surface area contributed by atoms with E-state index in [4.69, 9.17) is 0 Å². The average Bonchev–Trinajstić information content (AvgIpc) is 2.30. The molecule has 104 valence electrons. The number of azo groups is 1. The van der Waals surface area contributed by atoms with Crippen molar-refractivity contribution in [3.63, 3.8) is 0 Å². The predicted octanol–water partition coefficient (Wildman–Crippen LogP) is 4.94. The first-order chi connectivity index (χ1) is 9.38. The lowest BCUT2D eigenvalue weighted by atomic mass is 10.3. The van der Waals surface area contributed by atoms with Crippen molar-refractivity contribution in [3.05, 3.63) is 59.2 Å². The second kappa shape index (κ2) is 5.32. The first-order valence-electron chi connectivity index (χ1n) is 5.09. The van der Waals surface area contributed by atoms with E-state index in [2.05, 4.69) is 10.2 Å². The van der Waals surface area contributed by atoms with Crippen LogP contribution in [0.1, 0.15) is 0 Å². The molecular formula is C12H4F6N2. The van der Waals surface area contributed by atoms with Crippen LogP contribution in [-0.2, 0) is 0 Å². The number of hydrogen-bond acceptors (Lipinski definition) is 2. The third-order valence-corrected chi connectivity index (χ3v) is 2.21. The first kappa shape index (κ1) is 14.0. The largest absolute Gasteiger partial charge is 0.207 e. The summed E-state index contributed by atoms with van der Waals surface area (Å²) in [7, 11) is 0. The van der Waals surface area contributed by atoms with Gasteiger partial charge in [-0.25, -0.2) is 26.3 Å². The molecule has 0 radical (unpaired) electrons. The first-order valence-corrected chi connectivity index (χ1v) is 5.09. The highest BCUT2D eigenvalue weighted by atomic mass is 19.2. The van der Waals surface area contributed by atoms with Crippen molar-refractivity contribution >= 4 is 11.4 Å². The molecule has 0 aliphatic rings. The van der Waals surface area contributed by atoms with Crippen LogP contribution in [0, 0.1) is 34.9 Å². The van der Waals surface area contributed by atoms with Crippen LogP contribution in [0.3, 0.4) is 0 Å². The molecule has 0 spiro atoms. The van der Waals surface area contributed by atoms with Gasteiger partial charge in [-0.2, -0.15) is 0 Å². The summed E-state index contributed by atoms with van der Waals surface area (Å²) in [6.45, 7) is 0. The lowest BCUT2D eigenvalue weighted by molar-refractivity contribution is 0.539. The van der Waals surface area contributed by atoms with E-state index in [1.165, 1.54) is 0 Å². The van der Waals surface area contributed by atoms with Crippen LogP contribution < -0.4 is 0 Å². The summed E-state index contributed by atoms with van der Waals surface area (Å²) < 4.78 is 78.1. The second-order valence-corrected chi connectivity index (χ2v) is 3.64. The van der Waals surface area contributed by atoms with Crippen molar-refractivity contribution in [3.8, 4) is 0 Å². The number of benzene rings is 2. The molecule has 20 heavy (non-hydrogen) atoms. The Balaban J connectivity index is 2.45. The van der Waals surface area contributed by atoms with Crippen LogP contribution in [0.15, 0.2) is 34.5 Å². The Labute approximate surface area is 108 Å². The molecule has 0 aliphatic carbocycles. The maximum absolute atomic E-state index is 13.2. The quantitative estimate of drug-likeness (QED) is 0.553. The minimum absolute atomic E-state index is 0.328. The SMILES string of the molecule is Fc1cc(F)c(N=Nc2c(F)cc(F)cc2F)c(F)c1. The lowest BCUT2D eigenvalue weighted by Crippen LogP contribution is -1.87. The van der Waals surface area contributed by atoms with Gasteiger partial charge in [0.15, 0.2) is 34.6 Å². The van der Waals surface area contributed by atoms with Gasteiger partial charge in [-0.1, -0.05) is 0 Å². The van der Waals surface area contributed by atoms with Crippen LogP contribution in [-0.4, -0.2) is 0 Å². The topological polar surface area (TPSA) is 24.7 Å². The van der Waals surface area contributed by atoms with E-state index in [1.807, 2.05) is 0 Å². The summed E-state index contributed by atoms with van der Waals surface area (Å²) >= 11 is 0. The van der Waals surface area contributed by atoms with E-state index in [0.29, 0.717) is 24.3 Å². The molecule has 2 nitrogen and oxygen atoms in total. The molecule has 2 aromatic carbocycles. The van der Waals surface area contributed by atoms with Crippen molar-refractivity contribution in [2.24, 2.45) is 10.2 Å². The Morgan fingerprint density at radius 2 is 0.750 bits per heavy atom. The smallest absolute Gasteiger partial charge is 0.157 e. The van der Waals surface area contributed by atoms with E-state index < -0.39 is 46.3 Å². The van der Waals surface area contributed by atoms with Gasteiger partial charge in [0.25, 0.3) is 0 Å². The van der Waals surface area contributed by atoms with Gasteiger partial charge >= 0.3 is 0 Å². The monoisotopic (exact) mass is 290 g/mol. The van der Waals surface area contributed by atoms with Crippen molar-refractivity contribution < 1.29 is 26.3 Å². The third kappa shape index (κ3) is 2.79. The van der Waals surface area contributed by atoms with Gasteiger partial charge in [0.1, 0.15) is 11.6 Å². The summed E-state index contributed by atoms with van der Waals surface area (Å²) in [4.78, 5) is 0. The Hall–Kier alpha value is -2.38. The Bertz CT molecular complexity index is 593. The van der Waals surface area contributed by atoms with Crippen molar-refractivity contribution in [1.29, 1.82) is 0 Å². The molecule has 0 aliphatic heterocycles. The van der Waals surface area contributed by atoms with Crippen LogP contribution in [0.2, 0.25) is 0 Å². The average molecular weight is 290 g/mol. The van der Waals surface area contributed by atoms with Gasteiger partial charge in [0.2, 0.25) is 0 Å². The lowest BCUT2D eigenvalue weighted by Gasteiger charge is -2.00. The van der Waals surface area contributed by atoms with E-state index >= 15 is 0 Å². The summed E-state index contributed by atoms with van der Waals surface area (Å²) in [5, 5.41) is 5.95. The van der Waals surface area contributed by atoms with Crippen molar-refractivity contribution in [2.75, 3.05) is 0 Å². The maximum Gasteiger partial charge on any atom is 0.157 e. The number of rotatable bonds is 2. The minimum atomic E-state index is -1.39. The summed E-state index contributed by atoms with van der Waals surface area (Å²) in [6, 6.07) is 1.31. The van der Waals surface area contributed by atoms with Gasteiger partial charge < -0.3 is 0 Å². The fraction of sp³-hybridized carbons (Fsp3) is 0. The third-order valence-electron chi connectivity index (χ3n) is 2.21. The van der Waals surface area contributed by atoms with E-state index in [1.54, 1.807) is 0 Å². The van der Waals surface area contributed by atoms with Crippen molar-refractivity contribution in [1.82, 2.24) is 0 Å². The Morgan fingerprint density at radius 3 is 1.00 bits per heavy atom. The van der Waals surface area contributed by atoms with Crippen LogP contribution in [0.4, 0.5) is 37.7 Å². The molecule has 0 bridgehead atoms. The predicted molar refractivity (Wildman–Crippen MR) is 56.8 cm³/mol. The zero-order valence-corrected chi connectivity index (χ0v) is 9.47. The Morgan fingerprint density at radius 1 is 0.500 bits per heavy atom. The van der Waals surface area contributed by atoms with E-state index in [9.17, 15) is 26.3 Å². The molecule has 0 amide bonds. The molecule has 2 rings (SSSR count). The standard InChI is InChI=1S/C12H4F6N2/c13-5-1-7(15)11(8(16)2-5)19-20-12-9(17)3-6(14)4-10(12)18/h1-4H. The second-order valence-electron chi connectivity index (χ2n) is 3.64. The summed E-state index contributed by atoms with van der Waals surface area (Å²) in [6.07, 6.45) is 0. The number of halogens is 6. The zero-order chi connectivity index (χ0) is 14.9. The van der Waals surface area contributed by atoms with E-state index in [-0.39, 0.29) is 0 Å². The Kier molecular flexibility index (Phi) is 3.73. The minimum Gasteiger partial charge on any atom is -0.207 e. The summed E-state index contributed by atoms with van der Waals surface area (Å²) in [5.74, 6) is -7.94. The van der Waals surface area contributed by atoms with Gasteiger partial charge in [-0.15, -0.1) is 10.2 Å². The fourth-order valence-corrected chi connectivity index (χ4v) is 1.36. The number of hydrogen-bond donors (Lipinski definition) is 0. The molecule has 0 atom stereocenters. The molecule has 8 heteroatoms. The molecule has 0 unspecified atom stereocenters. The van der Waals surface area contributed by atoms with Crippen molar-refractivity contribution in [2.45, 2.75) is 0 Å². The molecule has 0 saturated carbocycles. The molecule has 0 fully saturated rings. The fourth-order valence-electron chi connectivity index (χ4n) is 1.36. The van der Waals surface area contributed by atoms with Gasteiger partial charge in [0, 0.05) is 24.3 Å². The molecule has 0 aromatic heterocycles. The molecule has 0 heterocycles. The number of nitrogens with zero attached hydrogens (tertiary/aromatic N) is 2. The van der Waals surface area contributed by atoms with Gasteiger partial charge in [-0.05, 0) is 0 Å². The summed E-state index contributed by atoms with van der Waals surface area (Å²) in [5.41, 5.74) is -2.04. The van der Waals surface area contributed by atoms with Crippen LogP contribution in [0.25, 0.3) is 0 Å². The van der Waals surface area contributed by atoms with Crippen LogP contribution >= 0.6 is 0 Å². The van der Waals surface area contributed by atoms with Gasteiger partial charge in [0.05, 0.1) is 0 Å². The highest BCUT2D eigenvalue weighted by Gasteiger charge is 2.14. The van der Waals surface area contributed by atoms with Gasteiger partial charge in [-0.3, -0.25) is 0 Å². The highest BCUT2D eigenvalue weighted by molar-refractivity contribution is 5.43. The molecule has 0 N–H and O–H groups in total. The zero-order valence-electron chi connectivity index (χ0n) is 9.47. The molecule has 0 saturated heterocycles.